The molecule has 3 fully saturated rings. The molecule has 0 unspecified atom stereocenters. The number of hydrogen-bond donors (Lipinski definition) is 2. The van der Waals surface area contributed by atoms with Crippen LogP contribution in [0.4, 0.5) is 0 Å². The molecule has 2 nitrogen and oxygen atoms in total. The van der Waals surface area contributed by atoms with Gasteiger partial charge in [-0.3, -0.25) is 0 Å². The van der Waals surface area contributed by atoms with E-state index < -0.39 is 0 Å². The second kappa shape index (κ2) is 3.99. The lowest BCUT2D eigenvalue weighted by Gasteiger charge is -2.28. The van der Waals surface area contributed by atoms with Crippen LogP contribution in [0, 0.1) is 16.7 Å². The average Bonchev–Trinajstić information content (AvgIpc) is 3.18. The fraction of sp³-hybridized carbons (Fsp3) is 1.00. The first-order valence-electron chi connectivity index (χ1n) is 7.20. The molecule has 16 heavy (non-hydrogen) atoms. The second-order valence-corrected chi connectivity index (χ2v) is 6.65. The van der Waals surface area contributed by atoms with Crippen molar-refractivity contribution in [3.05, 3.63) is 0 Å². The van der Waals surface area contributed by atoms with Crippen LogP contribution in [0.5, 0.6) is 0 Å². The summed E-state index contributed by atoms with van der Waals surface area (Å²) in [5.41, 5.74) is 7.17. The van der Waals surface area contributed by atoms with Gasteiger partial charge in [0.1, 0.15) is 0 Å². The molecule has 0 aliphatic heterocycles. The maximum Gasteiger partial charge on any atom is 0.00201 e. The van der Waals surface area contributed by atoms with E-state index in [0.29, 0.717) is 5.41 Å². The number of nitrogens with one attached hydrogen (secondary N) is 1. The predicted octanol–water partition coefficient (Wildman–Crippen LogP) is 2.29. The van der Waals surface area contributed by atoms with E-state index in [-0.39, 0.29) is 0 Å². The third-order valence-electron chi connectivity index (χ3n) is 5.41. The molecule has 3 saturated carbocycles. The molecule has 3 rings (SSSR count). The van der Waals surface area contributed by atoms with E-state index in [1.54, 1.807) is 0 Å². The molecule has 3 N–H and O–H groups in total. The van der Waals surface area contributed by atoms with Gasteiger partial charge in [-0.05, 0) is 61.8 Å². The standard InChI is InChI=1S/C14H26N2/c15-9-13(5-1-2-6-13)10-16-11-14(7-8-14)12-3-4-12/h12,16H,1-11,15H2. The zero-order valence-corrected chi connectivity index (χ0v) is 10.4. The summed E-state index contributed by atoms with van der Waals surface area (Å²) in [6.45, 7) is 3.34. The Bertz CT molecular complexity index is 247. The average molecular weight is 222 g/mol. The monoisotopic (exact) mass is 222 g/mol. The van der Waals surface area contributed by atoms with Gasteiger partial charge in [-0.25, -0.2) is 0 Å². The van der Waals surface area contributed by atoms with Gasteiger partial charge in [0.2, 0.25) is 0 Å². The fourth-order valence-electron chi connectivity index (χ4n) is 3.74. The zero-order chi connectivity index (χ0) is 11.1. The van der Waals surface area contributed by atoms with Gasteiger partial charge in [0.15, 0.2) is 0 Å². The Labute approximate surface area is 99.4 Å². The normalized spacial score (nSPS) is 30.6. The van der Waals surface area contributed by atoms with Crippen LogP contribution in [-0.4, -0.2) is 19.6 Å². The van der Waals surface area contributed by atoms with Crippen LogP contribution in [0.15, 0.2) is 0 Å². The molecular weight excluding hydrogens is 196 g/mol. The third-order valence-corrected chi connectivity index (χ3v) is 5.41. The number of nitrogens with two attached hydrogens (primary N) is 1. The first kappa shape index (κ1) is 11.0. The quantitative estimate of drug-likeness (QED) is 0.723. The lowest BCUT2D eigenvalue weighted by molar-refractivity contribution is 0.273. The highest BCUT2D eigenvalue weighted by molar-refractivity contribution is 5.05. The zero-order valence-electron chi connectivity index (χ0n) is 10.4. The summed E-state index contributed by atoms with van der Waals surface area (Å²) >= 11 is 0. The Morgan fingerprint density at radius 3 is 2.19 bits per heavy atom. The maximum atomic E-state index is 5.97. The molecule has 0 heterocycles. The summed E-state index contributed by atoms with van der Waals surface area (Å²) in [6, 6.07) is 0. The first-order chi connectivity index (χ1) is 7.79. The van der Waals surface area contributed by atoms with E-state index in [2.05, 4.69) is 5.32 Å². The lowest BCUT2D eigenvalue weighted by Crippen LogP contribution is -2.40. The van der Waals surface area contributed by atoms with Gasteiger partial charge >= 0.3 is 0 Å². The fourth-order valence-corrected chi connectivity index (χ4v) is 3.74. The van der Waals surface area contributed by atoms with Crippen molar-refractivity contribution in [2.24, 2.45) is 22.5 Å². The molecule has 92 valence electrons. The van der Waals surface area contributed by atoms with Crippen molar-refractivity contribution in [2.75, 3.05) is 19.6 Å². The Morgan fingerprint density at radius 2 is 1.69 bits per heavy atom. The SMILES string of the molecule is NCC1(CNCC2(C3CC3)CC2)CCCC1. The summed E-state index contributed by atoms with van der Waals surface area (Å²) in [5, 5.41) is 3.76. The second-order valence-electron chi connectivity index (χ2n) is 6.65. The molecule has 0 radical (unpaired) electrons. The highest BCUT2D eigenvalue weighted by Gasteiger charge is 2.53. The van der Waals surface area contributed by atoms with Gasteiger partial charge in [0, 0.05) is 13.1 Å². The van der Waals surface area contributed by atoms with Crippen LogP contribution in [0.25, 0.3) is 0 Å². The molecule has 0 saturated heterocycles. The van der Waals surface area contributed by atoms with Crippen molar-refractivity contribution in [1.82, 2.24) is 5.32 Å². The van der Waals surface area contributed by atoms with Gasteiger partial charge < -0.3 is 11.1 Å². The largest absolute Gasteiger partial charge is 0.330 e. The minimum atomic E-state index is 0.458. The Hall–Kier alpha value is -0.0800. The summed E-state index contributed by atoms with van der Waals surface area (Å²) in [7, 11) is 0. The van der Waals surface area contributed by atoms with Crippen molar-refractivity contribution >= 4 is 0 Å². The van der Waals surface area contributed by atoms with Gasteiger partial charge in [-0.2, -0.15) is 0 Å². The van der Waals surface area contributed by atoms with Crippen LogP contribution < -0.4 is 11.1 Å². The summed E-state index contributed by atoms with van der Waals surface area (Å²) in [5.74, 6) is 1.08. The Balaban J connectivity index is 1.45. The summed E-state index contributed by atoms with van der Waals surface area (Å²) in [6.07, 6.45) is 11.5. The molecular formula is C14H26N2. The van der Waals surface area contributed by atoms with Gasteiger partial charge in [0.25, 0.3) is 0 Å². The molecule has 0 aromatic carbocycles. The molecule has 0 aromatic heterocycles. The van der Waals surface area contributed by atoms with Crippen LogP contribution in [-0.2, 0) is 0 Å². The summed E-state index contributed by atoms with van der Waals surface area (Å²) in [4.78, 5) is 0. The third kappa shape index (κ3) is 2.02. The van der Waals surface area contributed by atoms with Crippen molar-refractivity contribution in [3.8, 4) is 0 Å². The molecule has 0 spiro atoms. The number of hydrogen-bond acceptors (Lipinski definition) is 2. The number of rotatable bonds is 6. The van der Waals surface area contributed by atoms with E-state index in [1.165, 1.54) is 64.5 Å². The maximum absolute atomic E-state index is 5.97. The molecule has 0 amide bonds. The van der Waals surface area contributed by atoms with Crippen LogP contribution in [0.2, 0.25) is 0 Å². The first-order valence-corrected chi connectivity index (χ1v) is 7.20. The van der Waals surface area contributed by atoms with Crippen molar-refractivity contribution in [2.45, 2.75) is 51.4 Å². The van der Waals surface area contributed by atoms with E-state index in [4.69, 9.17) is 5.73 Å². The molecule has 0 atom stereocenters. The van der Waals surface area contributed by atoms with Crippen molar-refractivity contribution in [1.29, 1.82) is 0 Å². The minimum Gasteiger partial charge on any atom is -0.330 e. The van der Waals surface area contributed by atoms with E-state index in [1.807, 2.05) is 0 Å². The molecule has 3 aliphatic carbocycles. The Kier molecular flexibility index (Phi) is 2.75. The van der Waals surface area contributed by atoms with E-state index in [0.717, 1.165) is 17.9 Å². The smallest absolute Gasteiger partial charge is 0.00201 e. The van der Waals surface area contributed by atoms with Crippen LogP contribution in [0.3, 0.4) is 0 Å². The van der Waals surface area contributed by atoms with E-state index in [9.17, 15) is 0 Å². The molecule has 2 heteroatoms. The van der Waals surface area contributed by atoms with Gasteiger partial charge in [-0.1, -0.05) is 12.8 Å². The van der Waals surface area contributed by atoms with Gasteiger partial charge in [-0.15, -0.1) is 0 Å². The van der Waals surface area contributed by atoms with Crippen molar-refractivity contribution < 1.29 is 0 Å². The molecule has 0 aromatic rings. The van der Waals surface area contributed by atoms with Crippen LogP contribution in [0.1, 0.15) is 51.4 Å². The topological polar surface area (TPSA) is 38.0 Å². The highest BCUT2D eigenvalue weighted by atomic mass is 14.9. The van der Waals surface area contributed by atoms with Crippen molar-refractivity contribution in [3.63, 3.8) is 0 Å². The highest BCUT2D eigenvalue weighted by Crippen LogP contribution is 2.60. The van der Waals surface area contributed by atoms with E-state index >= 15 is 0 Å². The molecule has 3 aliphatic rings. The minimum absolute atomic E-state index is 0.458. The van der Waals surface area contributed by atoms with Gasteiger partial charge in [0.05, 0.1) is 0 Å². The van der Waals surface area contributed by atoms with Crippen LogP contribution >= 0.6 is 0 Å². The summed E-state index contributed by atoms with van der Waals surface area (Å²) < 4.78 is 0. The molecule has 0 bridgehead atoms. The predicted molar refractivity (Wildman–Crippen MR) is 67.2 cm³/mol. The lowest BCUT2D eigenvalue weighted by atomic mass is 9.86. The Morgan fingerprint density at radius 1 is 1.00 bits per heavy atom.